The molecule has 1 aliphatic rings. The third-order valence-corrected chi connectivity index (χ3v) is 4.03. The maximum absolute atomic E-state index is 4.77. The minimum absolute atomic E-state index is 0.793. The van der Waals surface area contributed by atoms with Gasteiger partial charge in [-0.2, -0.15) is 5.10 Å². The van der Waals surface area contributed by atoms with Crippen LogP contribution in [0.5, 0.6) is 0 Å². The molecule has 2 heterocycles. The van der Waals surface area contributed by atoms with Gasteiger partial charge in [-0.25, -0.2) is 4.68 Å². The Labute approximate surface area is 141 Å². The third-order valence-electron chi connectivity index (χ3n) is 4.03. The molecule has 0 unspecified atom stereocenters. The zero-order valence-electron chi connectivity index (χ0n) is 13.5. The molecule has 0 atom stereocenters. The summed E-state index contributed by atoms with van der Waals surface area (Å²) < 4.78 is 1.94. The number of hydrogen-bond acceptors (Lipinski definition) is 4. The molecule has 3 aromatic rings. The first kappa shape index (κ1) is 14.5. The molecule has 5 nitrogen and oxygen atoms in total. The molecule has 0 amide bonds. The van der Waals surface area contributed by atoms with Crippen molar-refractivity contribution in [3.8, 4) is 16.8 Å². The standard InChI is InChI=1S/C19H19N5/c1-14-17(15-8-4-2-5-9-15)18(22-19-20-12-13-21-19)24(23-14)16-10-6-3-7-11-16/h2-11H,12-13H2,1H3,(H2,20,21,22). The molecule has 0 bridgehead atoms. The third kappa shape index (κ3) is 2.65. The topological polar surface area (TPSA) is 54.2 Å². The number of nitrogens with one attached hydrogen (secondary N) is 2. The maximum atomic E-state index is 4.77. The highest BCUT2D eigenvalue weighted by molar-refractivity contribution is 5.98. The SMILES string of the molecule is Cc1nn(-c2ccccc2)c(NC2=NCCN2)c1-c1ccccc1. The second-order valence-corrected chi connectivity index (χ2v) is 5.70. The van der Waals surface area contributed by atoms with Crippen LogP contribution in [-0.2, 0) is 0 Å². The van der Waals surface area contributed by atoms with E-state index in [9.17, 15) is 0 Å². The van der Waals surface area contributed by atoms with E-state index in [-0.39, 0.29) is 0 Å². The van der Waals surface area contributed by atoms with Gasteiger partial charge in [-0.05, 0) is 24.6 Å². The van der Waals surface area contributed by atoms with Crippen LogP contribution in [0.4, 0.5) is 5.82 Å². The van der Waals surface area contributed by atoms with Gasteiger partial charge in [0, 0.05) is 12.1 Å². The first-order chi connectivity index (χ1) is 11.8. The zero-order chi connectivity index (χ0) is 16.4. The summed E-state index contributed by atoms with van der Waals surface area (Å²) in [4.78, 5) is 4.46. The largest absolute Gasteiger partial charge is 0.354 e. The Balaban J connectivity index is 1.88. The van der Waals surface area contributed by atoms with Gasteiger partial charge in [-0.15, -0.1) is 0 Å². The van der Waals surface area contributed by atoms with E-state index < -0.39 is 0 Å². The number of guanidine groups is 1. The molecular formula is C19H19N5. The fourth-order valence-corrected chi connectivity index (χ4v) is 2.94. The fraction of sp³-hybridized carbons (Fsp3) is 0.158. The van der Waals surface area contributed by atoms with E-state index in [0.29, 0.717) is 0 Å². The van der Waals surface area contributed by atoms with Gasteiger partial charge in [-0.1, -0.05) is 48.5 Å². The van der Waals surface area contributed by atoms with Crippen LogP contribution in [0.2, 0.25) is 0 Å². The zero-order valence-corrected chi connectivity index (χ0v) is 13.5. The highest BCUT2D eigenvalue weighted by atomic mass is 15.4. The summed E-state index contributed by atoms with van der Waals surface area (Å²) in [7, 11) is 0. The van der Waals surface area contributed by atoms with Gasteiger partial charge in [0.05, 0.1) is 17.9 Å². The molecule has 1 aliphatic heterocycles. The average Bonchev–Trinajstić information content (AvgIpc) is 3.25. The monoisotopic (exact) mass is 317 g/mol. The number of nitrogens with zero attached hydrogens (tertiary/aromatic N) is 3. The first-order valence-electron chi connectivity index (χ1n) is 8.09. The van der Waals surface area contributed by atoms with Crippen LogP contribution in [0.1, 0.15) is 5.69 Å². The fourth-order valence-electron chi connectivity index (χ4n) is 2.94. The lowest BCUT2D eigenvalue weighted by molar-refractivity contribution is 0.869. The van der Waals surface area contributed by atoms with E-state index in [2.05, 4.69) is 39.9 Å². The van der Waals surface area contributed by atoms with Crippen LogP contribution in [0.3, 0.4) is 0 Å². The molecule has 0 aliphatic carbocycles. The number of aromatic nitrogens is 2. The van der Waals surface area contributed by atoms with E-state index in [1.165, 1.54) is 0 Å². The number of anilines is 1. The van der Waals surface area contributed by atoms with Crippen LogP contribution in [0.25, 0.3) is 16.8 Å². The lowest BCUT2D eigenvalue weighted by Crippen LogP contribution is -2.27. The molecule has 2 N–H and O–H groups in total. The number of aliphatic imine (C=N–C) groups is 1. The summed E-state index contributed by atoms with van der Waals surface area (Å²) in [5, 5.41) is 11.5. The summed E-state index contributed by atoms with van der Waals surface area (Å²) in [5.74, 6) is 1.72. The molecular weight excluding hydrogens is 298 g/mol. The Bertz CT molecular complexity index is 866. The predicted molar refractivity (Wildman–Crippen MR) is 97.7 cm³/mol. The quantitative estimate of drug-likeness (QED) is 0.780. The van der Waals surface area contributed by atoms with Gasteiger partial charge in [-0.3, -0.25) is 4.99 Å². The molecule has 0 saturated carbocycles. The van der Waals surface area contributed by atoms with Gasteiger partial charge in [0.1, 0.15) is 5.82 Å². The van der Waals surface area contributed by atoms with Crippen molar-refractivity contribution in [1.82, 2.24) is 15.1 Å². The van der Waals surface area contributed by atoms with Crippen molar-refractivity contribution in [2.75, 3.05) is 18.4 Å². The summed E-state index contributed by atoms with van der Waals surface area (Å²) in [6.07, 6.45) is 0. The normalized spacial score (nSPS) is 13.5. The summed E-state index contributed by atoms with van der Waals surface area (Å²) in [5.41, 5.74) is 4.23. The molecule has 1 aromatic heterocycles. The highest BCUT2D eigenvalue weighted by Gasteiger charge is 2.20. The van der Waals surface area contributed by atoms with Gasteiger partial charge < -0.3 is 10.6 Å². The minimum atomic E-state index is 0.793. The van der Waals surface area contributed by atoms with Gasteiger partial charge in [0.15, 0.2) is 5.96 Å². The lowest BCUT2D eigenvalue weighted by atomic mass is 10.1. The van der Waals surface area contributed by atoms with Gasteiger partial charge >= 0.3 is 0 Å². The number of hydrogen-bond donors (Lipinski definition) is 2. The van der Waals surface area contributed by atoms with E-state index in [1.807, 2.05) is 48.0 Å². The summed E-state index contributed by atoms with van der Waals surface area (Å²) >= 11 is 0. The summed E-state index contributed by atoms with van der Waals surface area (Å²) in [6, 6.07) is 20.5. The summed E-state index contributed by atoms with van der Waals surface area (Å²) in [6.45, 7) is 3.69. The lowest BCUT2D eigenvalue weighted by Gasteiger charge is -2.12. The minimum Gasteiger partial charge on any atom is -0.354 e. The number of benzene rings is 2. The molecule has 120 valence electrons. The number of rotatable bonds is 3. The van der Waals surface area contributed by atoms with Crippen molar-refractivity contribution in [2.24, 2.45) is 4.99 Å². The Morgan fingerprint density at radius 1 is 1.00 bits per heavy atom. The Morgan fingerprint density at radius 3 is 2.38 bits per heavy atom. The molecule has 5 heteroatoms. The van der Waals surface area contributed by atoms with Gasteiger partial charge in [0.25, 0.3) is 0 Å². The second-order valence-electron chi connectivity index (χ2n) is 5.70. The van der Waals surface area contributed by atoms with Crippen molar-refractivity contribution in [1.29, 1.82) is 0 Å². The van der Waals surface area contributed by atoms with Gasteiger partial charge in [0.2, 0.25) is 0 Å². The van der Waals surface area contributed by atoms with E-state index in [1.54, 1.807) is 0 Å². The average molecular weight is 317 g/mol. The van der Waals surface area contributed by atoms with Crippen molar-refractivity contribution in [3.63, 3.8) is 0 Å². The van der Waals surface area contributed by atoms with Crippen LogP contribution in [-0.4, -0.2) is 28.8 Å². The molecule has 0 fully saturated rings. The van der Waals surface area contributed by atoms with Crippen LogP contribution >= 0.6 is 0 Å². The van der Waals surface area contributed by atoms with E-state index in [0.717, 1.165) is 47.4 Å². The van der Waals surface area contributed by atoms with Crippen molar-refractivity contribution in [3.05, 3.63) is 66.4 Å². The number of aryl methyl sites for hydroxylation is 1. The Morgan fingerprint density at radius 2 is 1.71 bits per heavy atom. The first-order valence-corrected chi connectivity index (χ1v) is 8.09. The number of para-hydroxylation sites is 1. The van der Waals surface area contributed by atoms with Crippen LogP contribution in [0, 0.1) is 6.92 Å². The molecule has 2 aromatic carbocycles. The van der Waals surface area contributed by atoms with E-state index in [4.69, 9.17) is 5.10 Å². The van der Waals surface area contributed by atoms with Crippen molar-refractivity contribution < 1.29 is 0 Å². The maximum Gasteiger partial charge on any atom is 0.197 e. The van der Waals surface area contributed by atoms with Crippen LogP contribution < -0.4 is 10.6 Å². The van der Waals surface area contributed by atoms with Crippen molar-refractivity contribution >= 4 is 11.8 Å². The smallest absolute Gasteiger partial charge is 0.197 e. The molecule has 0 spiro atoms. The predicted octanol–water partition coefficient (Wildman–Crippen LogP) is 3.22. The second kappa shape index (κ2) is 6.20. The molecule has 0 saturated heterocycles. The highest BCUT2D eigenvalue weighted by Crippen LogP contribution is 2.33. The van der Waals surface area contributed by atoms with E-state index >= 15 is 0 Å². The molecule has 0 radical (unpaired) electrons. The van der Waals surface area contributed by atoms with Crippen LogP contribution in [0.15, 0.2) is 65.7 Å². The Kier molecular flexibility index (Phi) is 3.75. The molecule has 24 heavy (non-hydrogen) atoms. The Hall–Kier alpha value is -3.08. The van der Waals surface area contributed by atoms with Crippen molar-refractivity contribution in [2.45, 2.75) is 6.92 Å². The molecule has 4 rings (SSSR count).